The van der Waals surface area contributed by atoms with Crippen LogP contribution in [0.2, 0.25) is 0 Å². The van der Waals surface area contributed by atoms with Crippen molar-refractivity contribution in [3.05, 3.63) is 65.7 Å². The highest BCUT2D eigenvalue weighted by molar-refractivity contribution is 7.89. The number of hydrogen-bond donors (Lipinski definition) is 0. The molecule has 4 nitrogen and oxygen atoms in total. The molecule has 2 rings (SSSR count). The lowest BCUT2D eigenvalue weighted by molar-refractivity contribution is 0.329. The van der Waals surface area contributed by atoms with Gasteiger partial charge in [0.2, 0.25) is 10.0 Å². The number of likely N-dealkylation sites (N-methyl/N-ethyl adjacent to an activating group) is 1. The van der Waals surface area contributed by atoms with E-state index in [1.165, 1.54) is 5.56 Å². The number of rotatable bonds is 9. The van der Waals surface area contributed by atoms with Crippen molar-refractivity contribution in [3.63, 3.8) is 0 Å². The van der Waals surface area contributed by atoms with Gasteiger partial charge in [0.05, 0.1) is 4.90 Å². The largest absolute Gasteiger partial charge is 0.308 e. The summed E-state index contributed by atoms with van der Waals surface area (Å²) in [5.74, 6) is 0. The topological polar surface area (TPSA) is 40.6 Å². The molecule has 136 valence electrons. The first-order chi connectivity index (χ1) is 11.9. The second-order valence-corrected chi connectivity index (χ2v) is 8.46. The molecule has 0 N–H and O–H groups in total. The number of nitrogens with zero attached hydrogens (tertiary/aromatic N) is 2. The average Bonchev–Trinajstić information content (AvgIpc) is 2.60. The quantitative estimate of drug-likeness (QED) is 0.688. The molecular weight excluding hydrogens is 332 g/mol. The molecular formula is C20H28N2O2S. The van der Waals surface area contributed by atoms with E-state index in [-0.39, 0.29) is 0 Å². The third-order valence-electron chi connectivity index (χ3n) is 4.10. The predicted molar refractivity (Wildman–Crippen MR) is 103 cm³/mol. The van der Waals surface area contributed by atoms with Gasteiger partial charge in [-0.05, 0) is 43.8 Å². The van der Waals surface area contributed by atoms with E-state index in [0.717, 1.165) is 18.4 Å². The fourth-order valence-corrected chi connectivity index (χ4v) is 4.07. The van der Waals surface area contributed by atoms with Gasteiger partial charge in [0, 0.05) is 19.6 Å². The van der Waals surface area contributed by atoms with Gasteiger partial charge in [0.15, 0.2) is 0 Å². The van der Waals surface area contributed by atoms with Crippen molar-refractivity contribution in [1.82, 2.24) is 9.21 Å². The number of benzene rings is 2. The molecule has 0 aliphatic heterocycles. The molecule has 0 spiro atoms. The molecule has 0 bridgehead atoms. The van der Waals surface area contributed by atoms with Gasteiger partial charge in [0.25, 0.3) is 0 Å². The zero-order valence-corrected chi connectivity index (χ0v) is 16.2. The average molecular weight is 361 g/mol. The standard InChI is InChI=1S/C20H28N2O2S/c1-4-8-18-11-13-20(14-12-18)25(23,24)22(16-15-21(2)3)17-19-9-6-5-7-10-19/h5-7,9-14H,4,8,15-17H2,1-3H3. The predicted octanol–water partition coefficient (Wildman–Crippen LogP) is 3.39. The maximum atomic E-state index is 13.1. The molecule has 0 aliphatic carbocycles. The van der Waals surface area contributed by atoms with Crippen LogP contribution in [-0.2, 0) is 23.0 Å². The van der Waals surface area contributed by atoms with Gasteiger partial charge in [-0.3, -0.25) is 0 Å². The zero-order valence-electron chi connectivity index (χ0n) is 15.4. The molecule has 2 aromatic rings. The molecule has 0 radical (unpaired) electrons. The monoisotopic (exact) mass is 360 g/mol. The lowest BCUT2D eigenvalue weighted by Crippen LogP contribution is -2.36. The molecule has 0 unspecified atom stereocenters. The molecule has 0 aromatic heterocycles. The first kappa shape index (κ1) is 19.6. The van der Waals surface area contributed by atoms with Crippen LogP contribution in [0.4, 0.5) is 0 Å². The Bertz CT molecular complexity index is 741. The van der Waals surface area contributed by atoms with E-state index in [4.69, 9.17) is 0 Å². The van der Waals surface area contributed by atoms with Crippen molar-refractivity contribution >= 4 is 10.0 Å². The summed E-state index contributed by atoms with van der Waals surface area (Å²) in [6, 6.07) is 17.0. The molecule has 0 fully saturated rings. The van der Waals surface area contributed by atoms with Crippen molar-refractivity contribution in [2.24, 2.45) is 0 Å². The minimum atomic E-state index is -3.52. The molecule has 5 heteroatoms. The van der Waals surface area contributed by atoms with Gasteiger partial charge in [-0.25, -0.2) is 8.42 Å². The molecule has 0 amide bonds. The van der Waals surface area contributed by atoms with Crippen LogP contribution in [0.1, 0.15) is 24.5 Å². The Morgan fingerprint density at radius 3 is 2.04 bits per heavy atom. The van der Waals surface area contributed by atoms with Crippen molar-refractivity contribution in [2.75, 3.05) is 27.2 Å². The lowest BCUT2D eigenvalue weighted by Gasteiger charge is -2.24. The summed E-state index contributed by atoms with van der Waals surface area (Å²) in [6.45, 7) is 3.64. The third-order valence-corrected chi connectivity index (χ3v) is 5.96. The Hall–Kier alpha value is -1.69. The number of sulfonamides is 1. The number of aryl methyl sites for hydroxylation is 1. The Kier molecular flexibility index (Phi) is 7.17. The second-order valence-electron chi connectivity index (χ2n) is 6.52. The van der Waals surface area contributed by atoms with E-state index in [9.17, 15) is 8.42 Å². The van der Waals surface area contributed by atoms with Gasteiger partial charge in [-0.1, -0.05) is 55.8 Å². The molecule has 0 saturated carbocycles. The first-order valence-corrected chi connectivity index (χ1v) is 10.1. The van der Waals surface area contributed by atoms with E-state index in [0.29, 0.717) is 24.5 Å². The van der Waals surface area contributed by atoms with Crippen molar-refractivity contribution < 1.29 is 8.42 Å². The van der Waals surface area contributed by atoms with Gasteiger partial charge < -0.3 is 4.90 Å². The van der Waals surface area contributed by atoms with Crippen LogP contribution in [-0.4, -0.2) is 44.8 Å². The smallest absolute Gasteiger partial charge is 0.243 e. The Morgan fingerprint density at radius 1 is 0.840 bits per heavy atom. The third kappa shape index (κ3) is 5.66. The summed E-state index contributed by atoms with van der Waals surface area (Å²) in [5, 5.41) is 0. The summed E-state index contributed by atoms with van der Waals surface area (Å²) >= 11 is 0. The SMILES string of the molecule is CCCc1ccc(S(=O)(=O)N(CCN(C)C)Cc2ccccc2)cc1. The van der Waals surface area contributed by atoms with Crippen LogP contribution < -0.4 is 0 Å². The van der Waals surface area contributed by atoms with Crippen molar-refractivity contribution in [1.29, 1.82) is 0 Å². The lowest BCUT2D eigenvalue weighted by atomic mass is 10.1. The fraction of sp³-hybridized carbons (Fsp3) is 0.400. The van der Waals surface area contributed by atoms with Crippen molar-refractivity contribution in [2.45, 2.75) is 31.2 Å². The number of hydrogen-bond acceptors (Lipinski definition) is 3. The highest BCUT2D eigenvalue weighted by Gasteiger charge is 2.24. The minimum absolute atomic E-state index is 0.363. The summed E-state index contributed by atoms with van der Waals surface area (Å²) < 4.78 is 27.8. The van der Waals surface area contributed by atoms with Crippen molar-refractivity contribution in [3.8, 4) is 0 Å². The summed E-state index contributed by atoms with van der Waals surface area (Å²) in [4.78, 5) is 2.36. The van der Waals surface area contributed by atoms with E-state index in [1.807, 2.05) is 61.5 Å². The van der Waals surface area contributed by atoms with Crippen LogP contribution in [0.15, 0.2) is 59.5 Å². The summed E-state index contributed by atoms with van der Waals surface area (Å²) in [5.41, 5.74) is 2.16. The highest BCUT2D eigenvalue weighted by Crippen LogP contribution is 2.19. The zero-order chi connectivity index (χ0) is 18.3. The Morgan fingerprint density at radius 2 is 1.48 bits per heavy atom. The summed E-state index contributed by atoms with van der Waals surface area (Å²) in [6.07, 6.45) is 2.02. The Balaban J connectivity index is 2.26. The highest BCUT2D eigenvalue weighted by atomic mass is 32.2. The van der Waals surface area contributed by atoms with Gasteiger partial charge in [0.1, 0.15) is 0 Å². The normalized spacial score (nSPS) is 12.0. The molecule has 0 heterocycles. The molecule has 2 aromatic carbocycles. The van der Waals surface area contributed by atoms with Crippen LogP contribution in [0, 0.1) is 0 Å². The van der Waals surface area contributed by atoms with E-state index in [2.05, 4.69) is 6.92 Å². The van der Waals surface area contributed by atoms with Crippen LogP contribution in [0.25, 0.3) is 0 Å². The molecule has 25 heavy (non-hydrogen) atoms. The van der Waals surface area contributed by atoms with Crippen LogP contribution in [0.5, 0.6) is 0 Å². The van der Waals surface area contributed by atoms with E-state index < -0.39 is 10.0 Å². The molecule has 0 atom stereocenters. The van der Waals surface area contributed by atoms with Gasteiger partial charge in [-0.15, -0.1) is 0 Å². The maximum absolute atomic E-state index is 13.1. The van der Waals surface area contributed by atoms with Crippen LogP contribution in [0.3, 0.4) is 0 Å². The first-order valence-electron chi connectivity index (χ1n) is 8.71. The minimum Gasteiger partial charge on any atom is -0.308 e. The fourth-order valence-electron chi connectivity index (χ4n) is 2.65. The van der Waals surface area contributed by atoms with E-state index in [1.54, 1.807) is 16.4 Å². The molecule has 0 saturated heterocycles. The van der Waals surface area contributed by atoms with E-state index >= 15 is 0 Å². The maximum Gasteiger partial charge on any atom is 0.243 e. The Labute approximate surface area is 152 Å². The van der Waals surface area contributed by atoms with Gasteiger partial charge >= 0.3 is 0 Å². The second kappa shape index (κ2) is 9.13. The molecule has 0 aliphatic rings. The van der Waals surface area contributed by atoms with Gasteiger partial charge in [-0.2, -0.15) is 4.31 Å². The van der Waals surface area contributed by atoms with Crippen LogP contribution >= 0.6 is 0 Å². The summed E-state index contributed by atoms with van der Waals surface area (Å²) in [7, 11) is 0.383.